The summed E-state index contributed by atoms with van der Waals surface area (Å²) in [6.07, 6.45) is 0. The number of rotatable bonds is 4. The van der Waals surface area contributed by atoms with Crippen LogP contribution in [-0.2, 0) is 15.8 Å². The molecule has 1 heterocycles. The van der Waals surface area contributed by atoms with Gasteiger partial charge in [0.1, 0.15) is 0 Å². The van der Waals surface area contributed by atoms with Crippen molar-refractivity contribution in [1.29, 1.82) is 0 Å². The van der Waals surface area contributed by atoms with Crippen molar-refractivity contribution in [3.05, 3.63) is 27.1 Å². The summed E-state index contributed by atoms with van der Waals surface area (Å²) < 4.78 is 24.3. The lowest BCUT2D eigenvalue weighted by molar-refractivity contribution is -0.380. The highest BCUT2D eigenvalue weighted by molar-refractivity contribution is 7.88. The van der Waals surface area contributed by atoms with Gasteiger partial charge in [0.25, 0.3) is 0 Å². The molecule has 1 N–H and O–H groups in total. The van der Waals surface area contributed by atoms with Gasteiger partial charge >= 0.3 is 5.00 Å². The van der Waals surface area contributed by atoms with Crippen molar-refractivity contribution >= 4 is 26.4 Å². The van der Waals surface area contributed by atoms with E-state index in [0.29, 0.717) is 5.56 Å². The Labute approximate surface area is 84.8 Å². The minimum Gasteiger partial charge on any atom is -0.258 e. The molecule has 1 aromatic heterocycles. The van der Waals surface area contributed by atoms with Gasteiger partial charge in [0, 0.05) is 11.4 Å². The van der Waals surface area contributed by atoms with E-state index in [1.54, 1.807) is 0 Å². The lowest BCUT2D eigenvalue weighted by Crippen LogP contribution is -2.20. The second kappa shape index (κ2) is 4.03. The van der Waals surface area contributed by atoms with E-state index in [1.165, 1.54) is 18.5 Å². The van der Waals surface area contributed by atoms with E-state index in [1.807, 2.05) is 0 Å². The van der Waals surface area contributed by atoms with Crippen molar-refractivity contribution in [3.8, 4) is 0 Å². The summed E-state index contributed by atoms with van der Waals surface area (Å²) >= 11 is 0.918. The number of nitro groups is 1. The Morgan fingerprint density at radius 3 is 2.71 bits per heavy atom. The van der Waals surface area contributed by atoms with E-state index in [2.05, 4.69) is 4.72 Å². The summed E-state index contributed by atoms with van der Waals surface area (Å²) in [5, 5.41) is 11.7. The number of nitrogens with zero attached hydrogens (tertiary/aromatic N) is 1. The quantitative estimate of drug-likeness (QED) is 0.615. The third-order valence-corrected chi connectivity index (χ3v) is 3.75. The van der Waals surface area contributed by atoms with E-state index in [9.17, 15) is 18.5 Å². The van der Waals surface area contributed by atoms with Crippen LogP contribution < -0.4 is 4.72 Å². The molecule has 0 aliphatic rings. The summed E-state index contributed by atoms with van der Waals surface area (Å²) in [5.41, 5.74) is 0.427. The Hall–Kier alpha value is -0.990. The van der Waals surface area contributed by atoms with Crippen LogP contribution in [-0.4, -0.2) is 20.4 Å². The van der Waals surface area contributed by atoms with Gasteiger partial charge in [-0.05, 0) is 12.6 Å². The Bertz CT molecular complexity index is 436. The second-order valence-electron chi connectivity index (χ2n) is 2.51. The van der Waals surface area contributed by atoms with Crippen molar-refractivity contribution in [2.45, 2.75) is 5.75 Å². The van der Waals surface area contributed by atoms with Crippen molar-refractivity contribution < 1.29 is 13.3 Å². The van der Waals surface area contributed by atoms with Gasteiger partial charge in [0.15, 0.2) is 0 Å². The normalized spacial score (nSPS) is 11.5. The molecule has 0 spiro atoms. The molecule has 0 radical (unpaired) electrons. The van der Waals surface area contributed by atoms with Gasteiger partial charge in [-0.3, -0.25) is 10.1 Å². The summed E-state index contributed by atoms with van der Waals surface area (Å²) in [7, 11) is -2.05. The summed E-state index contributed by atoms with van der Waals surface area (Å²) in [4.78, 5) is 9.76. The van der Waals surface area contributed by atoms with Crippen LogP contribution in [0.5, 0.6) is 0 Å². The second-order valence-corrected chi connectivity index (χ2v) is 5.33. The molecule has 0 saturated heterocycles. The smallest absolute Gasteiger partial charge is 0.258 e. The average Bonchev–Trinajstić information content (AvgIpc) is 2.52. The van der Waals surface area contributed by atoms with E-state index >= 15 is 0 Å². The first-order valence-electron chi connectivity index (χ1n) is 3.57. The lowest BCUT2D eigenvalue weighted by Gasteiger charge is -1.97. The van der Waals surface area contributed by atoms with Gasteiger partial charge in [-0.2, -0.15) is 0 Å². The fraction of sp³-hybridized carbons (Fsp3) is 0.333. The van der Waals surface area contributed by atoms with E-state index in [0.717, 1.165) is 11.3 Å². The number of nitrogens with one attached hydrogen (secondary N) is 1. The summed E-state index contributed by atoms with van der Waals surface area (Å²) in [6, 6.07) is 1.26. The molecule has 0 saturated carbocycles. The van der Waals surface area contributed by atoms with Crippen molar-refractivity contribution in [2.75, 3.05) is 7.05 Å². The molecular formula is C6H8N2O4S2. The molecule has 0 bridgehead atoms. The molecular weight excluding hydrogens is 228 g/mol. The third-order valence-electron chi connectivity index (χ3n) is 1.49. The zero-order chi connectivity index (χ0) is 10.8. The van der Waals surface area contributed by atoms with Gasteiger partial charge in [0.05, 0.1) is 10.7 Å². The van der Waals surface area contributed by atoms with Gasteiger partial charge in [-0.15, -0.1) is 0 Å². The van der Waals surface area contributed by atoms with Crippen molar-refractivity contribution in [2.24, 2.45) is 0 Å². The predicted molar refractivity (Wildman–Crippen MR) is 52.7 cm³/mol. The first-order valence-corrected chi connectivity index (χ1v) is 6.11. The van der Waals surface area contributed by atoms with Crippen LogP contribution in [0, 0.1) is 10.1 Å². The highest BCUT2D eigenvalue weighted by Crippen LogP contribution is 2.23. The minimum atomic E-state index is -3.35. The number of hydrogen-bond acceptors (Lipinski definition) is 5. The Kier molecular flexibility index (Phi) is 3.19. The average molecular weight is 236 g/mol. The maximum absolute atomic E-state index is 11.1. The van der Waals surface area contributed by atoms with Gasteiger partial charge in [-0.1, -0.05) is 11.3 Å². The molecule has 0 aliphatic heterocycles. The van der Waals surface area contributed by atoms with Gasteiger partial charge < -0.3 is 0 Å². The number of hydrogen-bond donors (Lipinski definition) is 1. The SMILES string of the molecule is CNS(=O)(=O)Cc1csc([N+](=O)[O-])c1. The van der Waals surface area contributed by atoms with Crippen LogP contribution in [0.15, 0.2) is 11.4 Å². The fourth-order valence-corrected chi connectivity index (χ4v) is 2.41. The lowest BCUT2D eigenvalue weighted by atomic mass is 10.4. The minimum absolute atomic E-state index is 0.0497. The zero-order valence-corrected chi connectivity index (χ0v) is 8.89. The molecule has 78 valence electrons. The van der Waals surface area contributed by atoms with Crippen molar-refractivity contribution in [1.82, 2.24) is 4.72 Å². The molecule has 0 atom stereocenters. The van der Waals surface area contributed by atoms with Crippen LogP contribution in [0.4, 0.5) is 5.00 Å². The number of thiophene rings is 1. The molecule has 0 amide bonds. The fourth-order valence-electron chi connectivity index (χ4n) is 0.826. The first-order chi connectivity index (χ1) is 6.44. The van der Waals surface area contributed by atoms with E-state index in [-0.39, 0.29) is 10.8 Å². The Morgan fingerprint density at radius 1 is 1.64 bits per heavy atom. The highest BCUT2D eigenvalue weighted by Gasteiger charge is 2.14. The van der Waals surface area contributed by atoms with E-state index < -0.39 is 14.9 Å². The topological polar surface area (TPSA) is 89.3 Å². The Morgan fingerprint density at radius 2 is 2.29 bits per heavy atom. The first kappa shape index (κ1) is 11.1. The third kappa shape index (κ3) is 2.76. The molecule has 1 aromatic rings. The van der Waals surface area contributed by atoms with Crippen LogP contribution in [0.25, 0.3) is 0 Å². The monoisotopic (exact) mass is 236 g/mol. The molecule has 0 fully saturated rings. The molecule has 0 aromatic carbocycles. The molecule has 0 aliphatic carbocycles. The number of sulfonamides is 1. The Balaban J connectivity index is 2.84. The maximum Gasteiger partial charge on any atom is 0.324 e. The van der Waals surface area contributed by atoms with E-state index in [4.69, 9.17) is 0 Å². The van der Waals surface area contributed by atoms with Gasteiger partial charge in [0.2, 0.25) is 10.0 Å². The predicted octanol–water partition coefficient (Wildman–Crippen LogP) is 0.706. The zero-order valence-electron chi connectivity index (χ0n) is 7.26. The largest absolute Gasteiger partial charge is 0.324 e. The highest BCUT2D eigenvalue weighted by atomic mass is 32.2. The van der Waals surface area contributed by atoms with Gasteiger partial charge in [-0.25, -0.2) is 13.1 Å². The molecule has 1 rings (SSSR count). The van der Waals surface area contributed by atoms with Crippen molar-refractivity contribution in [3.63, 3.8) is 0 Å². The van der Waals surface area contributed by atoms with Crippen LogP contribution in [0.1, 0.15) is 5.56 Å². The van der Waals surface area contributed by atoms with Crippen LogP contribution in [0.2, 0.25) is 0 Å². The summed E-state index contributed by atoms with van der Waals surface area (Å²) in [5.74, 6) is -0.228. The standard InChI is InChI=1S/C6H8N2O4S2/c1-7-14(11,12)4-5-2-6(8(9)10)13-3-5/h2-3,7H,4H2,1H3. The molecule has 0 unspecified atom stereocenters. The maximum atomic E-state index is 11.1. The molecule has 14 heavy (non-hydrogen) atoms. The molecule has 6 nitrogen and oxygen atoms in total. The van der Waals surface area contributed by atoms with Crippen LogP contribution >= 0.6 is 11.3 Å². The molecule has 8 heteroatoms. The van der Waals surface area contributed by atoms with Crippen LogP contribution in [0.3, 0.4) is 0 Å². The summed E-state index contributed by atoms with van der Waals surface area (Å²) in [6.45, 7) is 0.